The number of hydrogen-bond donors (Lipinski definition) is 1. The minimum atomic E-state index is -4.67. The van der Waals surface area contributed by atoms with Crippen molar-refractivity contribution in [3.63, 3.8) is 0 Å². The van der Waals surface area contributed by atoms with Crippen molar-refractivity contribution in [2.75, 3.05) is 13.7 Å². The van der Waals surface area contributed by atoms with E-state index in [1.807, 2.05) is 0 Å². The van der Waals surface area contributed by atoms with E-state index < -0.39 is 24.2 Å². The Morgan fingerprint density at radius 3 is 2.68 bits per heavy atom. The number of aryl methyl sites for hydroxylation is 1. The van der Waals surface area contributed by atoms with Crippen LogP contribution in [-0.2, 0) is 4.74 Å². The molecule has 2 aromatic rings. The predicted octanol–water partition coefficient (Wildman–Crippen LogP) is 3.11. The van der Waals surface area contributed by atoms with Crippen LogP contribution in [0.1, 0.15) is 47.4 Å². The molecule has 136 valence electrons. The van der Waals surface area contributed by atoms with Crippen molar-refractivity contribution in [2.45, 2.75) is 44.3 Å². The number of nitrogens with zero attached hydrogens (tertiary/aromatic N) is 2. The first kappa shape index (κ1) is 17.7. The van der Waals surface area contributed by atoms with Crippen molar-refractivity contribution >= 4 is 17.0 Å². The van der Waals surface area contributed by atoms with Gasteiger partial charge in [-0.15, -0.1) is 0 Å². The van der Waals surface area contributed by atoms with Gasteiger partial charge in [-0.3, -0.25) is 4.79 Å². The predicted molar refractivity (Wildman–Crippen MR) is 82.3 cm³/mol. The Kier molecular flexibility index (Phi) is 4.22. The minimum Gasteiger partial charge on any atom is -0.382 e. The van der Waals surface area contributed by atoms with Gasteiger partial charge in [0.05, 0.1) is 23.3 Å². The van der Waals surface area contributed by atoms with Crippen molar-refractivity contribution in [2.24, 2.45) is 0 Å². The van der Waals surface area contributed by atoms with Gasteiger partial charge in [0.15, 0.2) is 5.54 Å². The fraction of sp³-hybridized carbons (Fsp3) is 0.562. The molecule has 0 aliphatic heterocycles. The van der Waals surface area contributed by atoms with Gasteiger partial charge in [0.25, 0.3) is 11.6 Å². The molecule has 25 heavy (non-hydrogen) atoms. The van der Waals surface area contributed by atoms with E-state index in [1.54, 1.807) is 6.92 Å². The van der Waals surface area contributed by atoms with Gasteiger partial charge in [-0.1, -0.05) is 5.16 Å². The summed E-state index contributed by atoms with van der Waals surface area (Å²) >= 11 is 0. The number of hydrogen-bond acceptors (Lipinski definition) is 5. The van der Waals surface area contributed by atoms with Gasteiger partial charge in [0.2, 0.25) is 0 Å². The van der Waals surface area contributed by atoms with Gasteiger partial charge in [-0.2, -0.15) is 13.2 Å². The Hall–Kier alpha value is -2.16. The molecular weight excluding hydrogens is 339 g/mol. The molecule has 0 saturated heterocycles. The molecule has 1 aliphatic rings. The van der Waals surface area contributed by atoms with Crippen LogP contribution in [0.2, 0.25) is 0 Å². The third kappa shape index (κ3) is 3.20. The summed E-state index contributed by atoms with van der Waals surface area (Å²) in [5.41, 5.74) is -1.24. The smallest absolute Gasteiger partial charge is 0.382 e. The number of ether oxygens (including phenoxy) is 1. The number of carbonyl (C=O) groups excluding carboxylic acids is 1. The number of halogens is 3. The van der Waals surface area contributed by atoms with Crippen molar-refractivity contribution in [3.05, 3.63) is 23.0 Å². The largest absolute Gasteiger partial charge is 0.413 e. The molecule has 1 atom stereocenters. The summed E-state index contributed by atoms with van der Waals surface area (Å²) in [5.74, 6) is -0.660. The molecule has 2 aromatic heterocycles. The van der Waals surface area contributed by atoms with Crippen molar-refractivity contribution in [3.8, 4) is 0 Å². The lowest BCUT2D eigenvalue weighted by Gasteiger charge is -2.32. The van der Waals surface area contributed by atoms with E-state index >= 15 is 0 Å². The Bertz CT molecular complexity index is 814. The number of aromatic nitrogens is 2. The number of amides is 1. The number of alkyl halides is 3. The van der Waals surface area contributed by atoms with Gasteiger partial charge < -0.3 is 14.6 Å². The standard InChI is InChI=1S/C16H18F3N3O3/c1-8-12-10(6-11(9-4-5-9)20-14(12)25-22-8)13(23)21-15(2,7-24-3)16(17,18)19/h6,9H,4-5,7H2,1-3H3,(H,21,23)/t15-/m1/s1. The number of nitrogens with one attached hydrogen (secondary N) is 1. The second-order valence-corrected chi connectivity index (χ2v) is 6.53. The molecular formula is C16H18F3N3O3. The second-order valence-electron chi connectivity index (χ2n) is 6.53. The fourth-order valence-electron chi connectivity index (χ4n) is 2.68. The van der Waals surface area contributed by atoms with E-state index in [-0.39, 0.29) is 17.2 Å². The van der Waals surface area contributed by atoms with E-state index in [9.17, 15) is 18.0 Å². The lowest BCUT2D eigenvalue weighted by atomic mass is 10.0. The average Bonchev–Trinajstić information content (AvgIpc) is 3.30. The Labute approximate surface area is 141 Å². The third-order valence-electron chi connectivity index (χ3n) is 4.33. The van der Waals surface area contributed by atoms with Crippen molar-refractivity contribution < 1.29 is 27.2 Å². The molecule has 2 heterocycles. The zero-order valence-electron chi connectivity index (χ0n) is 14.0. The highest BCUT2D eigenvalue weighted by Crippen LogP contribution is 2.40. The highest BCUT2D eigenvalue weighted by molar-refractivity contribution is 6.06. The molecule has 1 N–H and O–H groups in total. The molecule has 3 rings (SSSR count). The van der Waals surface area contributed by atoms with E-state index in [0.29, 0.717) is 16.8 Å². The van der Waals surface area contributed by atoms with Crippen LogP contribution in [0.5, 0.6) is 0 Å². The molecule has 0 radical (unpaired) electrons. The van der Waals surface area contributed by atoms with Crippen LogP contribution < -0.4 is 5.32 Å². The van der Waals surface area contributed by atoms with Crippen LogP contribution in [0.25, 0.3) is 11.1 Å². The monoisotopic (exact) mass is 357 g/mol. The number of pyridine rings is 1. The normalized spacial score (nSPS) is 17.5. The second kappa shape index (κ2) is 5.98. The van der Waals surface area contributed by atoms with Crippen LogP contribution >= 0.6 is 0 Å². The van der Waals surface area contributed by atoms with E-state index in [2.05, 4.69) is 20.2 Å². The highest BCUT2D eigenvalue weighted by atomic mass is 19.4. The van der Waals surface area contributed by atoms with Crippen LogP contribution in [0.3, 0.4) is 0 Å². The molecule has 1 fully saturated rings. The topological polar surface area (TPSA) is 77.2 Å². The third-order valence-corrected chi connectivity index (χ3v) is 4.33. The molecule has 1 amide bonds. The lowest BCUT2D eigenvalue weighted by molar-refractivity contribution is -0.200. The van der Waals surface area contributed by atoms with Crippen LogP contribution in [0.4, 0.5) is 13.2 Å². The molecule has 1 aliphatic carbocycles. The Morgan fingerprint density at radius 2 is 2.12 bits per heavy atom. The summed E-state index contributed by atoms with van der Waals surface area (Å²) in [4.78, 5) is 17.0. The SMILES string of the molecule is COC[C@@](C)(NC(=O)c1cc(C2CC2)nc2onc(C)c12)C(F)(F)F. The summed E-state index contributed by atoms with van der Waals surface area (Å²) in [6.07, 6.45) is -2.82. The Morgan fingerprint density at radius 1 is 1.44 bits per heavy atom. The summed E-state index contributed by atoms with van der Waals surface area (Å²) in [6.45, 7) is 1.79. The summed E-state index contributed by atoms with van der Waals surface area (Å²) in [6, 6.07) is 1.53. The molecule has 0 unspecified atom stereocenters. The van der Waals surface area contributed by atoms with Crippen molar-refractivity contribution in [1.29, 1.82) is 0 Å². The van der Waals surface area contributed by atoms with Crippen LogP contribution in [0.15, 0.2) is 10.6 Å². The summed E-state index contributed by atoms with van der Waals surface area (Å²) in [5, 5.41) is 6.16. The molecule has 9 heteroatoms. The number of methoxy groups -OCH3 is 1. The molecule has 0 bridgehead atoms. The Balaban J connectivity index is 2.02. The van der Waals surface area contributed by atoms with Gasteiger partial charge >= 0.3 is 6.18 Å². The molecule has 0 aromatic carbocycles. The zero-order valence-corrected chi connectivity index (χ0v) is 14.0. The number of carbonyl (C=O) groups is 1. The maximum atomic E-state index is 13.4. The number of rotatable bonds is 5. The zero-order chi connectivity index (χ0) is 18.4. The first-order chi connectivity index (χ1) is 11.7. The first-order valence-corrected chi connectivity index (χ1v) is 7.81. The van der Waals surface area contributed by atoms with Gasteiger partial charge in [0.1, 0.15) is 0 Å². The van der Waals surface area contributed by atoms with Crippen molar-refractivity contribution in [1.82, 2.24) is 15.5 Å². The lowest BCUT2D eigenvalue weighted by Crippen LogP contribution is -2.59. The summed E-state index contributed by atoms with van der Waals surface area (Å²) in [7, 11) is 1.15. The van der Waals surface area contributed by atoms with Gasteiger partial charge in [-0.05, 0) is 32.8 Å². The van der Waals surface area contributed by atoms with Crippen LogP contribution in [0, 0.1) is 6.92 Å². The first-order valence-electron chi connectivity index (χ1n) is 7.81. The number of fused-ring (bicyclic) bond motifs is 1. The van der Waals surface area contributed by atoms with Gasteiger partial charge in [0, 0.05) is 18.7 Å². The van der Waals surface area contributed by atoms with Gasteiger partial charge in [-0.25, -0.2) is 4.98 Å². The van der Waals surface area contributed by atoms with E-state index in [4.69, 9.17) is 4.52 Å². The summed E-state index contributed by atoms with van der Waals surface area (Å²) < 4.78 is 49.9. The maximum Gasteiger partial charge on any atom is 0.413 e. The van der Waals surface area contributed by atoms with Crippen LogP contribution in [-0.4, -0.2) is 41.5 Å². The molecule has 6 nitrogen and oxygen atoms in total. The van der Waals surface area contributed by atoms with E-state index in [0.717, 1.165) is 26.9 Å². The fourth-order valence-corrected chi connectivity index (χ4v) is 2.68. The molecule has 1 saturated carbocycles. The maximum absolute atomic E-state index is 13.4. The quantitative estimate of drug-likeness (QED) is 0.890. The highest BCUT2D eigenvalue weighted by Gasteiger charge is 2.52. The van der Waals surface area contributed by atoms with E-state index in [1.165, 1.54) is 6.07 Å². The average molecular weight is 357 g/mol. The minimum absolute atomic E-state index is 0.0808. The molecule has 0 spiro atoms.